The maximum atomic E-state index is 12.8. The number of rotatable bonds is 7. The second-order valence-corrected chi connectivity index (χ2v) is 21.0. The number of hydrogen-bond donors (Lipinski definition) is 1. The lowest BCUT2D eigenvalue weighted by Crippen LogP contribution is -2.60. The largest absolute Gasteiger partial charge is 0.466 e. The molecule has 15 heteroatoms. The summed E-state index contributed by atoms with van der Waals surface area (Å²) in [6.45, 7) is 30.9. The average molecular weight is 839 g/mol. The Balaban J connectivity index is 0.000000316. The van der Waals surface area contributed by atoms with E-state index >= 15 is 0 Å². The van der Waals surface area contributed by atoms with Gasteiger partial charge in [0.1, 0.15) is 34.5 Å². The minimum atomic E-state index is -0.994. The fourth-order valence-electron chi connectivity index (χ4n) is 8.45. The van der Waals surface area contributed by atoms with Gasteiger partial charge in [-0.05, 0) is 155 Å². The predicted molar refractivity (Wildman–Crippen MR) is 223 cm³/mol. The first-order chi connectivity index (χ1) is 26.9. The molecule has 4 saturated heterocycles. The minimum Gasteiger partial charge on any atom is -0.466 e. The Bertz CT molecular complexity index is 1450. The van der Waals surface area contributed by atoms with E-state index in [0.717, 1.165) is 32.4 Å². The molecule has 0 spiro atoms. The van der Waals surface area contributed by atoms with Crippen molar-refractivity contribution >= 4 is 30.1 Å². The fraction of sp³-hybridized carbons (Fsp3) is 0.886. The number of nitrogens with zero attached hydrogens (tertiary/aromatic N) is 4. The van der Waals surface area contributed by atoms with Crippen molar-refractivity contribution in [1.29, 1.82) is 0 Å². The second kappa shape index (κ2) is 19.7. The summed E-state index contributed by atoms with van der Waals surface area (Å²) in [4.78, 5) is 71.0. The van der Waals surface area contributed by atoms with Crippen molar-refractivity contribution in [3.05, 3.63) is 0 Å². The first kappa shape index (κ1) is 50.2. The van der Waals surface area contributed by atoms with Gasteiger partial charge in [0.2, 0.25) is 0 Å². The molecule has 0 aromatic rings. The highest BCUT2D eigenvalue weighted by Crippen LogP contribution is 2.36. The van der Waals surface area contributed by atoms with Crippen molar-refractivity contribution in [1.82, 2.24) is 19.6 Å². The van der Waals surface area contributed by atoms with Crippen molar-refractivity contribution in [3.8, 4) is 0 Å². The van der Waals surface area contributed by atoms with E-state index in [-0.39, 0.29) is 67.2 Å². The van der Waals surface area contributed by atoms with Crippen LogP contribution in [-0.2, 0) is 38.1 Å². The molecule has 4 heterocycles. The van der Waals surface area contributed by atoms with Gasteiger partial charge in [-0.1, -0.05) is 0 Å². The van der Waals surface area contributed by atoms with E-state index in [4.69, 9.17) is 23.7 Å². The molecule has 6 atom stereocenters. The van der Waals surface area contributed by atoms with Crippen molar-refractivity contribution in [2.75, 3.05) is 45.9 Å². The summed E-state index contributed by atoms with van der Waals surface area (Å²) in [6.07, 6.45) is 3.74. The Labute approximate surface area is 354 Å². The van der Waals surface area contributed by atoms with Crippen LogP contribution in [0.3, 0.4) is 0 Å². The molecule has 0 aromatic heterocycles. The lowest BCUT2D eigenvalue weighted by molar-refractivity contribution is -0.165. The van der Waals surface area contributed by atoms with Gasteiger partial charge in [-0.25, -0.2) is 9.59 Å². The molecule has 4 rings (SSSR count). The van der Waals surface area contributed by atoms with Crippen LogP contribution >= 0.6 is 0 Å². The zero-order chi connectivity index (χ0) is 44.9. The van der Waals surface area contributed by atoms with Gasteiger partial charge in [0, 0.05) is 44.2 Å². The molecule has 4 aliphatic heterocycles. The number of ether oxygens (including phenoxy) is 5. The molecule has 0 aromatic carbocycles. The van der Waals surface area contributed by atoms with Gasteiger partial charge in [0.15, 0.2) is 0 Å². The topological polar surface area (TPSA) is 165 Å². The summed E-state index contributed by atoms with van der Waals surface area (Å²) in [5, 5.41) is 10.9. The summed E-state index contributed by atoms with van der Waals surface area (Å²) in [5.41, 5.74) is -3.25. The van der Waals surface area contributed by atoms with E-state index in [0.29, 0.717) is 38.9 Å². The third-order valence-electron chi connectivity index (χ3n) is 10.8. The molecule has 59 heavy (non-hydrogen) atoms. The number of carbonyl (C=O) groups is 5. The number of aliphatic hydroxyl groups is 1. The number of likely N-dealkylation sites (tertiary alicyclic amines) is 4. The number of amides is 2. The van der Waals surface area contributed by atoms with Crippen LogP contribution in [0.15, 0.2) is 0 Å². The Morgan fingerprint density at radius 2 is 0.915 bits per heavy atom. The molecule has 0 bridgehead atoms. The first-order valence-corrected chi connectivity index (χ1v) is 21.7. The maximum Gasteiger partial charge on any atom is 0.410 e. The smallest absolute Gasteiger partial charge is 0.410 e. The molecule has 4 aliphatic rings. The predicted octanol–water partition coefficient (Wildman–Crippen LogP) is 6.17. The number of piperidine rings is 2. The Morgan fingerprint density at radius 1 is 0.525 bits per heavy atom. The molecule has 4 fully saturated rings. The molecule has 2 amide bonds. The molecule has 1 N–H and O–H groups in total. The van der Waals surface area contributed by atoms with Crippen LogP contribution in [-0.4, -0.2) is 153 Å². The van der Waals surface area contributed by atoms with Crippen LogP contribution in [0.2, 0.25) is 0 Å². The van der Waals surface area contributed by atoms with Crippen LogP contribution in [0.5, 0.6) is 0 Å². The summed E-state index contributed by atoms with van der Waals surface area (Å²) < 4.78 is 27.6. The van der Waals surface area contributed by atoms with E-state index in [2.05, 4.69) is 9.80 Å². The molecule has 0 radical (unpaired) electrons. The van der Waals surface area contributed by atoms with Crippen molar-refractivity contribution < 1.29 is 52.8 Å². The fourth-order valence-corrected chi connectivity index (χ4v) is 8.45. The highest BCUT2D eigenvalue weighted by Gasteiger charge is 2.49. The van der Waals surface area contributed by atoms with Crippen LogP contribution < -0.4 is 0 Å². The third kappa shape index (κ3) is 15.4. The standard InChI is InChI=1S/C22H38N2O6.C22H40N2O5/c1-8-28-18(25)15-14-23(20(27)30-22(5,6)7)13-11-16(15)24-12-9-10-17(24)19(26)29-21(2,3)4;1-20(2,3)28-18(25)17-10-9-12-24(17)16-11-13-23(14-15(16)22(7,8)27)19(26)29-21(4,5)6/h15-17H,8-14H2,1-7H3;15-17,27H,9-14H2,1-8H3/t2*15?,16?,17-/m00/s1. The summed E-state index contributed by atoms with van der Waals surface area (Å²) in [5.74, 6) is -1.51. The summed E-state index contributed by atoms with van der Waals surface area (Å²) in [6, 6.07) is -0.840. The normalized spacial score (nSPS) is 26.4. The highest BCUT2D eigenvalue weighted by molar-refractivity contribution is 5.78. The van der Waals surface area contributed by atoms with E-state index in [1.807, 2.05) is 83.1 Å². The van der Waals surface area contributed by atoms with Crippen LogP contribution in [0.25, 0.3) is 0 Å². The highest BCUT2D eigenvalue weighted by atomic mass is 16.6. The van der Waals surface area contributed by atoms with Gasteiger partial charge in [-0.2, -0.15) is 0 Å². The van der Waals surface area contributed by atoms with E-state index in [9.17, 15) is 29.1 Å². The maximum absolute atomic E-state index is 12.8. The van der Waals surface area contributed by atoms with Gasteiger partial charge >= 0.3 is 30.1 Å². The monoisotopic (exact) mass is 839 g/mol. The minimum absolute atomic E-state index is 0.00806. The van der Waals surface area contributed by atoms with Crippen LogP contribution in [0.1, 0.15) is 142 Å². The molecule has 15 nitrogen and oxygen atoms in total. The van der Waals surface area contributed by atoms with E-state index in [1.54, 1.807) is 30.6 Å². The number of hydrogen-bond acceptors (Lipinski definition) is 13. The van der Waals surface area contributed by atoms with Gasteiger partial charge < -0.3 is 38.6 Å². The first-order valence-electron chi connectivity index (χ1n) is 21.7. The third-order valence-corrected chi connectivity index (χ3v) is 10.8. The van der Waals surface area contributed by atoms with Crippen LogP contribution in [0, 0.1) is 11.8 Å². The summed E-state index contributed by atoms with van der Waals surface area (Å²) >= 11 is 0. The Kier molecular flexibility index (Phi) is 16.7. The van der Waals surface area contributed by atoms with Gasteiger partial charge in [0.05, 0.1) is 18.1 Å². The lowest BCUT2D eigenvalue weighted by Gasteiger charge is -2.48. The SMILES string of the molecule is CC(C)(C)OC(=O)[C@@H]1CCCN1C1CCN(C(=O)OC(C)(C)C)CC1C(C)(C)O.CCOC(=O)C1CN(C(=O)OC(C)(C)C)CCC1N1CCC[C@H]1C(=O)OC(C)(C)C. The average Bonchev–Trinajstić information content (AvgIpc) is 3.76. The quantitative estimate of drug-likeness (QED) is 0.229. The van der Waals surface area contributed by atoms with Gasteiger partial charge in [-0.3, -0.25) is 24.2 Å². The number of esters is 3. The molecular weight excluding hydrogens is 761 g/mol. The molecule has 0 saturated carbocycles. The zero-order valence-electron chi connectivity index (χ0n) is 39.0. The molecule has 340 valence electrons. The lowest BCUT2D eigenvalue weighted by atomic mass is 9.79. The summed E-state index contributed by atoms with van der Waals surface area (Å²) in [7, 11) is 0. The van der Waals surface area contributed by atoms with Gasteiger partial charge in [0.25, 0.3) is 0 Å². The van der Waals surface area contributed by atoms with Crippen LogP contribution in [0.4, 0.5) is 9.59 Å². The van der Waals surface area contributed by atoms with E-state index < -0.39 is 40.0 Å². The number of carbonyl (C=O) groups excluding carboxylic acids is 5. The van der Waals surface area contributed by atoms with E-state index in [1.165, 1.54) is 0 Å². The molecular formula is C44H78N4O11. The second-order valence-electron chi connectivity index (χ2n) is 21.0. The van der Waals surface area contributed by atoms with Gasteiger partial charge in [-0.15, -0.1) is 0 Å². The zero-order valence-corrected chi connectivity index (χ0v) is 39.0. The Morgan fingerprint density at radius 3 is 1.31 bits per heavy atom. The van der Waals surface area contributed by atoms with Crippen molar-refractivity contribution in [3.63, 3.8) is 0 Å². The molecule has 0 aliphatic carbocycles. The Hall–Kier alpha value is -3.17. The van der Waals surface area contributed by atoms with Crippen molar-refractivity contribution in [2.24, 2.45) is 11.8 Å². The van der Waals surface area contributed by atoms with Crippen molar-refractivity contribution in [2.45, 2.75) is 195 Å². The molecule has 4 unspecified atom stereocenters.